The van der Waals surface area contributed by atoms with Crippen molar-refractivity contribution >= 4 is 28.9 Å². The molecule has 0 amide bonds. The van der Waals surface area contributed by atoms with Crippen LogP contribution in [0.15, 0.2) is 42.7 Å². The van der Waals surface area contributed by atoms with E-state index in [0.717, 1.165) is 22.7 Å². The molecule has 0 aliphatic heterocycles. The van der Waals surface area contributed by atoms with Crippen LogP contribution in [-0.4, -0.2) is 31.1 Å². The van der Waals surface area contributed by atoms with Crippen molar-refractivity contribution in [3.05, 3.63) is 53.4 Å². The topological polar surface area (TPSA) is 108 Å². The van der Waals surface area contributed by atoms with Crippen LogP contribution in [-0.2, 0) is 16.6 Å². The summed E-state index contributed by atoms with van der Waals surface area (Å²) < 4.78 is 38.7. The molecule has 0 saturated heterocycles. The fourth-order valence-electron chi connectivity index (χ4n) is 4.94. The molecule has 3 unspecified atom stereocenters. The average Bonchev–Trinajstić information content (AvgIpc) is 3.13. The number of carboxylic acids is 1. The summed E-state index contributed by atoms with van der Waals surface area (Å²) in [6, 6.07) is 7.83. The number of hydrogen-bond acceptors (Lipinski definition) is 7. The minimum Gasteiger partial charge on any atom is -0.481 e. The Balaban J connectivity index is 1.31. The zero-order chi connectivity index (χ0) is 24.3. The van der Waals surface area contributed by atoms with Gasteiger partial charge in [0.05, 0.1) is 10.8 Å². The van der Waals surface area contributed by atoms with Crippen LogP contribution >= 0.6 is 11.3 Å². The van der Waals surface area contributed by atoms with Gasteiger partial charge < -0.3 is 15.5 Å². The summed E-state index contributed by atoms with van der Waals surface area (Å²) in [5.41, 5.74) is -0.915. The molecule has 0 radical (unpaired) electrons. The van der Waals surface area contributed by atoms with Crippen LogP contribution in [0.3, 0.4) is 0 Å². The molecule has 7 nitrogen and oxygen atoms in total. The third kappa shape index (κ3) is 4.14. The molecule has 3 aromatic rings. The maximum Gasteiger partial charge on any atom is 0.433 e. The van der Waals surface area contributed by atoms with Crippen LogP contribution in [0, 0.1) is 23.7 Å². The van der Waals surface area contributed by atoms with Crippen molar-refractivity contribution in [2.45, 2.75) is 31.5 Å². The van der Waals surface area contributed by atoms with Gasteiger partial charge in [-0.3, -0.25) is 4.79 Å². The molecule has 3 N–H and O–H groups in total. The lowest BCUT2D eigenvalue weighted by molar-refractivity contribution is -0.141. The van der Waals surface area contributed by atoms with Crippen molar-refractivity contribution in [3.63, 3.8) is 0 Å². The van der Waals surface area contributed by atoms with Gasteiger partial charge >= 0.3 is 12.1 Å². The lowest BCUT2D eigenvalue weighted by Gasteiger charge is -2.29. The number of nitrogens with zero attached hydrogens (tertiary/aromatic N) is 3. The Bertz CT molecular complexity index is 1230. The normalized spacial score (nSPS) is 25.4. The lowest BCUT2D eigenvalue weighted by Crippen LogP contribution is -2.31. The second kappa shape index (κ2) is 8.02. The van der Waals surface area contributed by atoms with Gasteiger partial charge in [-0.2, -0.15) is 13.2 Å². The molecular formula is C23H21F3N4O3S. The summed E-state index contributed by atoms with van der Waals surface area (Å²) in [4.78, 5) is 23.8. The SMILES string of the molecule is CC(O)(c1ncc(-c2cccc(Nc3nccc(C(F)(F)F)n3)c2)s1)C1CC2C(C1)C2C(=O)O. The first-order chi connectivity index (χ1) is 16.0. The molecule has 3 atom stereocenters. The number of thiazole rings is 1. The summed E-state index contributed by atoms with van der Waals surface area (Å²) in [6.07, 6.45) is -0.527. The van der Waals surface area contributed by atoms with E-state index in [1.165, 1.54) is 11.3 Å². The van der Waals surface area contributed by atoms with Gasteiger partial charge in [-0.15, -0.1) is 11.3 Å². The minimum absolute atomic E-state index is 0.0526. The number of benzene rings is 1. The van der Waals surface area contributed by atoms with Gasteiger partial charge in [0.15, 0.2) is 0 Å². The largest absolute Gasteiger partial charge is 0.481 e. The Labute approximate surface area is 196 Å². The second-order valence-electron chi connectivity index (χ2n) is 9.01. The van der Waals surface area contributed by atoms with Crippen molar-refractivity contribution in [2.24, 2.45) is 23.7 Å². The molecule has 0 bridgehead atoms. The smallest absolute Gasteiger partial charge is 0.433 e. The standard InChI is InChI=1S/C23H21F3N4O3S/c1-22(33,12-8-14-15(9-12)18(14)19(31)32)20-28-10-16(34-20)11-3-2-4-13(7-11)29-21-27-6-5-17(30-21)23(24,25)26/h2-7,10,12,14-15,18,33H,8-9H2,1H3,(H,31,32)(H,27,29,30). The number of aliphatic hydroxyl groups is 1. The molecule has 34 heavy (non-hydrogen) atoms. The fraction of sp³-hybridized carbons (Fsp3) is 0.391. The maximum atomic E-state index is 12.9. The number of carboxylic acid groups (broad SMARTS) is 1. The first-order valence-corrected chi connectivity index (χ1v) is 11.5. The van der Waals surface area contributed by atoms with E-state index in [2.05, 4.69) is 20.3 Å². The van der Waals surface area contributed by atoms with E-state index in [4.69, 9.17) is 0 Å². The Morgan fingerprint density at radius 2 is 1.91 bits per heavy atom. The van der Waals surface area contributed by atoms with Gasteiger partial charge in [-0.1, -0.05) is 12.1 Å². The molecule has 2 aliphatic carbocycles. The van der Waals surface area contributed by atoms with E-state index in [1.54, 1.807) is 31.3 Å². The lowest BCUT2D eigenvalue weighted by atomic mass is 9.84. The van der Waals surface area contributed by atoms with Crippen LogP contribution in [0.25, 0.3) is 10.4 Å². The molecule has 2 heterocycles. The van der Waals surface area contributed by atoms with E-state index in [0.29, 0.717) is 23.5 Å². The van der Waals surface area contributed by atoms with Crippen LogP contribution in [0.1, 0.15) is 30.5 Å². The molecule has 0 spiro atoms. The van der Waals surface area contributed by atoms with Crippen molar-refractivity contribution in [3.8, 4) is 10.4 Å². The predicted octanol–water partition coefficient (Wildman–Crippen LogP) is 4.93. The van der Waals surface area contributed by atoms with E-state index in [9.17, 15) is 28.2 Å². The van der Waals surface area contributed by atoms with Crippen LogP contribution in [0.5, 0.6) is 0 Å². The number of aliphatic carboxylic acids is 1. The number of fused-ring (bicyclic) bond motifs is 1. The molecule has 178 valence electrons. The Kier molecular flexibility index (Phi) is 5.36. The van der Waals surface area contributed by atoms with Crippen LogP contribution in [0.4, 0.5) is 24.8 Å². The number of carbonyl (C=O) groups is 1. The average molecular weight is 491 g/mol. The van der Waals surface area contributed by atoms with Crippen LogP contribution in [0.2, 0.25) is 0 Å². The summed E-state index contributed by atoms with van der Waals surface area (Å²) in [6.45, 7) is 1.73. The predicted molar refractivity (Wildman–Crippen MR) is 118 cm³/mol. The summed E-state index contributed by atoms with van der Waals surface area (Å²) in [5, 5.41) is 23.8. The maximum absolute atomic E-state index is 12.9. The monoisotopic (exact) mass is 490 g/mol. The molecule has 2 aliphatic rings. The highest BCUT2D eigenvalue weighted by atomic mass is 32.1. The number of alkyl halides is 3. The van der Waals surface area contributed by atoms with E-state index in [-0.39, 0.29) is 29.6 Å². The Morgan fingerprint density at radius 1 is 1.18 bits per heavy atom. The highest BCUT2D eigenvalue weighted by Gasteiger charge is 2.62. The van der Waals surface area contributed by atoms with E-state index in [1.807, 2.05) is 6.07 Å². The highest BCUT2D eigenvalue weighted by Crippen LogP contribution is 2.62. The zero-order valence-corrected chi connectivity index (χ0v) is 18.8. The number of aromatic nitrogens is 3. The summed E-state index contributed by atoms with van der Waals surface area (Å²) >= 11 is 1.34. The van der Waals surface area contributed by atoms with Crippen molar-refractivity contribution in [1.29, 1.82) is 0 Å². The van der Waals surface area contributed by atoms with Gasteiger partial charge in [-0.25, -0.2) is 15.0 Å². The Hall–Kier alpha value is -3.05. The van der Waals surface area contributed by atoms with Gasteiger partial charge in [-0.05, 0) is 61.3 Å². The molecule has 5 rings (SSSR count). The van der Waals surface area contributed by atoms with Crippen molar-refractivity contribution in [2.75, 3.05) is 5.32 Å². The zero-order valence-electron chi connectivity index (χ0n) is 18.0. The molecule has 1 aromatic carbocycles. The second-order valence-corrected chi connectivity index (χ2v) is 10.0. The Morgan fingerprint density at radius 3 is 2.59 bits per heavy atom. The minimum atomic E-state index is -4.56. The highest BCUT2D eigenvalue weighted by molar-refractivity contribution is 7.15. The number of nitrogens with one attached hydrogen (secondary N) is 1. The quantitative estimate of drug-likeness (QED) is 0.450. The van der Waals surface area contributed by atoms with Crippen molar-refractivity contribution in [1.82, 2.24) is 15.0 Å². The van der Waals surface area contributed by atoms with Crippen molar-refractivity contribution < 1.29 is 28.2 Å². The number of hydrogen-bond donors (Lipinski definition) is 3. The first-order valence-electron chi connectivity index (χ1n) is 10.7. The molecule has 2 aromatic heterocycles. The molecule has 2 saturated carbocycles. The third-order valence-corrected chi connectivity index (χ3v) is 8.09. The molecule has 2 fully saturated rings. The number of rotatable bonds is 6. The number of halogens is 3. The van der Waals surface area contributed by atoms with Gasteiger partial charge in [0.1, 0.15) is 16.3 Å². The van der Waals surface area contributed by atoms with Crippen LogP contribution < -0.4 is 5.32 Å². The first kappa shape index (κ1) is 22.7. The number of anilines is 2. The van der Waals surface area contributed by atoms with E-state index < -0.39 is 23.4 Å². The molecule has 11 heteroatoms. The van der Waals surface area contributed by atoms with E-state index >= 15 is 0 Å². The van der Waals surface area contributed by atoms with Gasteiger partial charge in [0, 0.05) is 18.1 Å². The van der Waals surface area contributed by atoms with Gasteiger partial charge in [0.2, 0.25) is 5.95 Å². The summed E-state index contributed by atoms with van der Waals surface area (Å²) in [5.74, 6) is -0.991. The van der Waals surface area contributed by atoms with Gasteiger partial charge in [0.25, 0.3) is 0 Å². The fourth-order valence-corrected chi connectivity index (χ4v) is 5.98. The third-order valence-electron chi connectivity index (χ3n) is 6.81. The summed E-state index contributed by atoms with van der Waals surface area (Å²) in [7, 11) is 0. The molecular weight excluding hydrogens is 469 g/mol.